The zero-order chi connectivity index (χ0) is 9.97. The van der Waals surface area contributed by atoms with E-state index in [0.29, 0.717) is 6.54 Å². The number of imidazole rings is 1. The van der Waals surface area contributed by atoms with Crippen molar-refractivity contribution in [2.24, 2.45) is 7.05 Å². The molecule has 0 unspecified atom stereocenters. The molecule has 0 aromatic carbocycles. The maximum absolute atomic E-state index is 11.7. The van der Waals surface area contributed by atoms with Crippen LogP contribution < -0.4 is 21.5 Å². The van der Waals surface area contributed by atoms with E-state index in [9.17, 15) is 4.79 Å². The van der Waals surface area contributed by atoms with Crippen LogP contribution in [0.5, 0.6) is 0 Å². The molecule has 0 amide bonds. The van der Waals surface area contributed by atoms with Crippen LogP contribution in [-0.2, 0) is 13.6 Å². The molecule has 2 aromatic rings. The lowest BCUT2D eigenvalue weighted by Gasteiger charge is -1.92. The molecule has 0 aliphatic carbocycles. The fourth-order valence-electron chi connectivity index (χ4n) is 1.28. The number of halogens is 1. The Balaban J connectivity index is 0.00000112. The van der Waals surface area contributed by atoms with Crippen molar-refractivity contribution in [2.75, 3.05) is 0 Å². The van der Waals surface area contributed by atoms with Crippen molar-refractivity contribution in [3.05, 3.63) is 41.1 Å². The van der Waals surface area contributed by atoms with Gasteiger partial charge in [-0.05, 0) is 11.4 Å². The first-order chi connectivity index (χ1) is 6.75. The number of aryl methyl sites for hydroxylation is 1. The summed E-state index contributed by atoms with van der Waals surface area (Å²) in [6, 6.07) is 3.75. The molecular formula is C10H11BrN2OS. The summed E-state index contributed by atoms with van der Waals surface area (Å²) < 4.78 is 3.80. The lowest BCUT2D eigenvalue weighted by atomic mass is 10.3. The second kappa shape index (κ2) is 5.23. The molecular weight excluding hydrogens is 276 g/mol. The highest BCUT2D eigenvalue weighted by Gasteiger charge is 2.10. The molecule has 0 saturated carbocycles. The molecule has 2 aromatic heterocycles. The van der Waals surface area contributed by atoms with Gasteiger partial charge in [-0.25, -0.2) is 9.13 Å². The average Bonchev–Trinajstić information content (AvgIpc) is 2.75. The van der Waals surface area contributed by atoms with Crippen LogP contribution in [0.2, 0.25) is 0 Å². The Kier molecular flexibility index (Phi) is 4.23. The molecule has 2 heterocycles. The predicted octanol–water partition coefficient (Wildman–Crippen LogP) is -1.74. The Morgan fingerprint density at radius 3 is 2.93 bits per heavy atom. The number of carbonyl (C=O) groups excluding carboxylic acids is 1. The van der Waals surface area contributed by atoms with Crippen LogP contribution in [0.3, 0.4) is 0 Å². The first kappa shape index (κ1) is 12.1. The van der Waals surface area contributed by atoms with E-state index in [-0.39, 0.29) is 22.8 Å². The fourth-order valence-corrected chi connectivity index (χ4v) is 1.93. The SMILES string of the molecule is C[n+]1ccn(CC(=O)c2cccs2)c1.[Br-]. The number of carbonyl (C=O) groups is 1. The molecule has 2 rings (SSSR count). The summed E-state index contributed by atoms with van der Waals surface area (Å²) in [6.45, 7) is 0.418. The Morgan fingerprint density at radius 2 is 2.40 bits per heavy atom. The predicted molar refractivity (Wildman–Crippen MR) is 54.3 cm³/mol. The zero-order valence-corrected chi connectivity index (χ0v) is 10.7. The summed E-state index contributed by atoms with van der Waals surface area (Å²) in [5, 5.41) is 1.92. The van der Waals surface area contributed by atoms with Crippen molar-refractivity contribution in [3.8, 4) is 0 Å². The molecule has 15 heavy (non-hydrogen) atoms. The standard InChI is InChI=1S/C10H11N2OS.BrH/c1-11-4-5-12(8-11)7-9(13)10-3-2-6-14-10;/h2-6,8H,7H2,1H3;1H/q+1;/p-1. The Hall–Kier alpha value is -0.940. The smallest absolute Gasteiger partial charge is 0.243 e. The number of thiophene rings is 1. The average molecular weight is 287 g/mol. The third-order valence-electron chi connectivity index (χ3n) is 1.95. The number of nitrogens with zero attached hydrogens (tertiary/aromatic N) is 2. The van der Waals surface area contributed by atoms with Crippen LogP contribution in [0.15, 0.2) is 36.2 Å². The summed E-state index contributed by atoms with van der Waals surface area (Å²) in [6.07, 6.45) is 5.71. The van der Waals surface area contributed by atoms with Crippen LogP contribution in [0.4, 0.5) is 0 Å². The van der Waals surface area contributed by atoms with E-state index in [1.54, 1.807) is 0 Å². The summed E-state index contributed by atoms with van der Waals surface area (Å²) in [5.74, 6) is 0.163. The van der Waals surface area contributed by atoms with Crippen molar-refractivity contribution in [3.63, 3.8) is 0 Å². The van der Waals surface area contributed by atoms with E-state index < -0.39 is 0 Å². The molecule has 0 saturated heterocycles. The van der Waals surface area contributed by atoms with E-state index in [2.05, 4.69) is 0 Å². The van der Waals surface area contributed by atoms with E-state index >= 15 is 0 Å². The first-order valence-electron chi connectivity index (χ1n) is 4.33. The molecule has 0 N–H and O–H groups in total. The Bertz CT molecular complexity index is 436. The molecule has 0 aliphatic rings. The molecule has 0 spiro atoms. The number of rotatable bonds is 3. The Labute approximate surface area is 103 Å². The number of hydrogen-bond donors (Lipinski definition) is 0. The summed E-state index contributed by atoms with van der Waals surface area (Å²) in [4.78, 5) is 12.5. The van der Waals surface area contributed by atoms with Gasteiger partial charge in [0.05, 0.1) is 11.9 Å². The fraction of sp³-hybridized carbons (Fsp3) is 0.200. The quantitative estimate of drug-likeness (QED) is 0.486. The van der Waals surface area contributed by atoms with Gasteiger partial charge in [0.2, 0.25) is 12.1 Å². The van der Waals surface area contributed by atoms with Gasteiger partial charge in [-0.15, -0.1) is 11.3 Å². The van der Waals surface area contributed by atoms with Crippen molar-refractivity contribution in [1.29, 1.82) is 0 Å². The van der Waals surface area contributed by atoms with E-state index in [1.807, 2.05) is 52.4 Å². The van der Waals surface area contributed by atoms with Crippen LogP contribution in [0.25, 0.3) is 0 Å². The largest absolute Gasteiger partial charge is 1.00 e. The number of ketones is 1. The molecule has 80 valence electrons. The lowest BCUT2D eigenvalue weighted by Crippen LogP contribution is -3.00. The highest BCUT2D eigenvalue weighted by molar-refractivity contribution is 7.12. The van der Waals surface area contributed by atoms with E-state index in [0.717, 1.165) is 4.88 Å². The van der Waals surface area contributed by atoms with Gasteiger partial charge in [0.1, 0.15) is 12.4 Å². The molecule has 0 bridgehead atoms. The van der Waals surface area contributed by atoms with Crippen molar-refractivity contribution in [2.45, 2.75) is 6.54 Å². The normalized spacial score (nSPS) is 9.67. The second-order valence-electron chi connectivity index (χ2n) is 3.15. The first-order valence-corrected chi connectivity index (χ1v) is 5.21. The van der Waals surface area contributed by atoms with Gasteiger partial charge >= 0.3 is 0 Å². The van der Waals surface area contributed by atoms with Gasteiger partial charge < -0.3 is 17.0 Å². The van der Waals surface area contributed by atoms with E-state index in [1.165, 1.54) is 11.3 Å². The summed E-state index contributed by atoms with van der Waals surface area (Å²) >= 11 is 1.49. The molecule has 3 nitrogen and oxygen atoms in total. The van der Waals surface area contributed by atoms with Gasteiger partial charge in [0, 0.05) is 0 Å². The van der Waals surface area contributed by atoms with Crippen molar-refractivity contribution in [1.82, 2.24) is 4.57 Å². The van der Waals surface area contributed by atoms with Crippen molar-refractivity contribution >= 4 is 17.1 Å². The maximum Gasteiger partial charge on any atom is 0.243 e. The van der Waals surface area contributed by atoms with Crippen LogP contribution >= 0.6 is 11.3 Å². The molecule has 5 heteroatoms. The third kappa shape index (κ3) is 3.00. The minimum absolute atomic E-state index is 0. The van der Waals surface area contributed by atoms with Crippen molar-refractivity contribution < 1.29 is 26.3 Å². The topological polar surface area (TPSA) is 25.9 Å². The highest BCUT2D eigenvalue weighted by atomic mass is 79.9. The van der Waals surface area contributed by atoms with Gasteiger partial charge in [-0.2, -0.15) is 0 Å². The maximum atomic E-state index is 11.7. The molecule has 0 aliphatic heterocycles. The Morgan fingerprint density at radius 1 is 1.60 bits per heavy atom. The molecule has 0 fully saturated rings. The number of aromatic nitrogens is 2. The highest BCUT2D eigenvalue weighted by Crippen LogP contribution is 2.09. The number of hydrogen-bond acceptors (Lipinski definition) is 2. The minimum atomic E-state index is 0. The van der Waals surface area contributed by atoms with E-state index in [4.69, 9.17) is 0 Å². The molecule has 0 atom stereocenters. The third-order valence-corrected chi connectivity index (χ3v) is 2.86. The van der Waals surface area contributed by atoms with Crippen LogP contribution in [0.1, 0.15) is 9.67 Å². The minimum Gasteiger partial charge on any atom is -1.00 e. The molecule has 0 radical (unpaired) electrons. The van der Waals surface area contributed by atoms with Gasteiger partial charge in [-0.1, -0.05) is 6.07 Å². The van der Waals surface area contributed by atoms with Crippen LogP contribution in [0, 0.1) is 0 Å². The van der Waals surface area contributed by atoms with Gasteiger partial charge in [-0.3, -0.25) is 4.79 Å². The second-order valence-corrected chi connectivity index (χ2v) is 4.10. The summed E-state index contributed by atoms with van der Waals surface area (Å²) in [5.41, 5.74) is 0. The monoisotopic (exact) mass is 286 g/mol. The zero-order valence-electron chi connectivity index (χ0n) is 8.26. The van der Waals surface area contributed by atoms with Gasteiger partial charge in [0.25, 0.3) is 0 Å². The lowest BCUT2D eigenvalue weighted by molar-refractivity contribution is -0.671. The summed E-state index contributed by atoms with van der Waals surface area (Å²) in [7, 11) is 1.94. The number of Topliss-reactive ketones (excluding diaryl/α,β-unsaturated/α-hetero) is 1. The van der Waals surface area contributed by atoms with Crippen LogP contribution in [-0.4, -0.2) is 10.4 Å². The van der Waals surface area contributed by atoms with Gasteiger partial charge in [0.15, 0.2) is 6.54 Å².